The van der Waals surface area contributed by atoms with Gasteiger partial charge in [0.2, 0.25) is 0 Å². The summed E-state index contributed by atoms with van der Waals surface area (Å²) in [4.78, 5) is 6.70. The fraction of sp³-hybridized carbons (Fsp3) is 0.286. The molecule has 0 bridgehead atoms. The first-order valence-electron chi connectivity index (χ1n) is 9.29. The van der Waals surface area contributed by atoms with Crippen molar-refractivity contribution >= 4 is 11.6 Å². The molecule has 6 nitrogen and oxygen atoms in total. The Morgan fingerprint density at radius 3 is 2.70 bits per heavy atom. The number of aliphatic hydroxyl groups excluding tert-OH is 1. The molecule has 1 atom stereocenters. The van der Waals surface area contributed by atoms with Gasteiger partial charge in [-0.25, -0.2) is 4.98 Å². The Bertz CT molecular complexity index is 869. The van der Waals surface area contributed by atoms with Gasteiger partial charge in [-0.3, -0.25) is 0 Å². The molecule has 3 heterocycles. The zero-order valence-corrected chi connectivity index (χ0v) is 15.1. The van der Waals surface area contributed by atoms with Gasteiger partial charge in [0.25, 0.3) is 0 Å². The van der Waals surface area contributed by atoms with Gasteiger partial charge in [0.1, 0.15) is 11.6 Å². The average Bonchev–Trinajstić information content (AvgIpc) is 2.73. The number of benzene rings is 1. The Hall–Kier alpha value is -2.99. The number of β-amino-alcohol motifs (C(OH)–C–C–N with tert-alkyl or cyclic N) is 1. The van der Waals surface area contributed by atoms with Gasteiger partial charge in [-0.1, -0.05) is 36.4 Å². The number of aliphatic hydroxyl groups is 1. The van der Waals surface area contributed by atoms with E-state index in [1.807, 2.05) is 48.5 Å². The molecule has 6 heteroatoms. The predicted octanol–water partition coefficient (Wildman–Crippen LogP) is 3.11. The highest BCUT2D eigenvalue weighted by atomic mass is 16.3. The van der Waals surface area contributed by atoms with Gasteiger partial charge in [0.05, 0.1) is 11.8 Å². The van der Waals surface area contributed by atoms with E-state index in [9.17, 15) is 5.11 Å². The van der Waals surface area contributed by atoms with Gasteiger partial charge in [0, 0.05) is 37.0 Å². The van der Waals surface area contributed by atoms with Crippen molar-refractivity contribution in [3.63, 3.8) is 0 Å². The van der Waals surface area contributed by atoms with Crippen molar-refractivity contribution in [1.82, 2.24) is 15.2 Å². The molecular formula is C21H23N5O. The van der Waals surface area contributed by atoms with Crippen LogP contribution >= 0.6 is 0 Å². The summed E-state index contributed by atoms with van der Waals surface area (Å²) in [6, 6.07) is 17.9. The summed E-state index contributed by atoms with van der Waals surface area (Å²) in [7, 11) is 0. The van der Waals surface area contributed by atoms with Crippen LogP contribution in [0.2, 0.25) is 0 Å². The second-order valence-corrected chi connectivity index (χ2v) is 6.75. The Morgan fingerprint density at radius 2 is 1.93 bits per heavy atom. The summed E-state index contributed by atoms with van der Waals surface area (Å²) in [5, 5.41) is 21.9. The van der Waals surface area contributed by atoms with Crippen molar-refractivity contribution in [3.8, 4) is 11.3 Å². The molecule has 1 aliphatic heterocycles. The molecule has 138 valence electrons. The third-order valence-electron chi connectivity index (χ3n) is 4.76. The topological polar surface area (TPSA) is 74.2 Å². The van der Waals surface area contributed by atoms with E-state index in [4.69, 9.17) is 0 Å². The molecule has 0 saturated carbocycles. The second kappa shape index (κ2) is 8.14. The summed E-state index contributed by atoms with van der Waals surface area (Å²) in [5.74, 6) is 1.65. The van der Waals surface area contributed by atoms with Crippen molar-refractivity contribution < 1.29 is 5.11 Å². The number of nitrogens with one attached hydrogen (secondary N) is 1. The molecule has 1 saturated heterocycles. The Morgan fingerprint density at radius 1 is 1.04 bits per heavy atom. The van der Waals surface area contributed by atoms with Crippen molar-refractivity contribution in [3.05, 3.63) is 66.4 Å². The van der Waals surface area contributed by atoms with Crippen molar-refractivity contribution in [1.29, 1.82) is 0 Å². The minimum Gasteiger partial charge on any atom is -0.391 e. The molecule has 0 amide bonds. The first-order chi connectivity index (χ1) is 13.3. The zero-order chi connectivity index (χ0) is 18.5. The number of anilines is 2. The van der Waals surface area contributed by atoms with E-state index in [0.717, 1.165) is 47.8 Å². The van der Waals surface area contributed by atoms with Crippen LogP contribution in [0, 0.1) is 0 Å². The minimum atomic E-state index is -0.280. The maximum absolute atomic E-state index is 9.96. The van der Waals surface area contributed by atoms with Crippen molar-refractivity contribution in [2.24, 2.45) is 0 Å². The third kappa shape index (κ3) is 4.23. The lowest BCUT2D eigenvalue weighted by Gasteiger charge is -2.32. The number of piperidine rings is 1. The zero-order valence-electron chi connectivity index (χ0n) is 15.1. The standard InChI is InChI=1S/C21H23N5O/c27-18-9-5-13-26(15-18)21-17(8-4-12-22-21)14-23-20-11-10-19(24-25-20)16-6-2-1-3-7-16/h1-4,6-8,10-12,18,27H,5,9,13-15H2,(H,23,25)/t18-/m1/s1. The van der Waals surface area contributed by atoms with Crippen LogP contribution in [0.15, 0.2) is 60.8 Å². The van der Waals surface area contributed by atoms with E-state index in [1.54, 1.807) is 6.20 Å². The summed E-state index contributed by atoms with van der Waals surface area (Å²) in [6.45, 7) is 2.16. The Kier molecular flexibility index (Phi) is 5.25. The minimum absolute atomic E-state index is 0.280. The van der Waals surface area contributed by atoms with Crippen LogP contribution < -0.4 is 10.2 Å². The molecule has 1 aromatic carbocycles. The second-order valence-electron chi connectivity index (χ2n) is 6.75. The first kappa shape index (κ1) is 17.4. The molecule has 0 aliphatic carbocycles. The molecule has 3 aromatic rings. The average molecular weight is 361 g/mol. The van der Waals surface area contributed by atoms with Crippen LogP contribution in [0.5, 0.6) is 0 Å². The molecule has 0 unspecified atom stereocenters. The van der Waals surface area contributed by atoms with Crippen LogP contribution in [-0.4, -0.2) is 39.5 Å². The molecule has 4 rings (SSSR count). The quantitative estimate of drug-likeness (QED) is 0.727. The van der Waals surface area contributed by atoms with Crippen LogP contribution in [0.4, 0.5) is 11.6 Å². The largest absolute Gasteiger partial charge is 0.391 e. The fourth-order valence-electron chi connectivity index (χ4n) is 3.38. The smallest absolute Gasteiger partial charge is 0.148 e. The number of aromatic nitrogens is 3. The molecule has 0 radical (unpaired) electrons. The first-order valence-corrected chi connectivity index (χ1v) is 9.29. The molecule has 1 fully saturated rings. The summed E-state index contributed by atoms with van der Waals surface area (Å²) >= 11 is 0. The monoisotopic (exact) mass is 361 g/mol. The molecule has 2 aromatic heterocycles. The molecule has 0 spiro atoms. The van der Waals surface area contributed by atoms with Crippen molar-refractivity contribution in [2.75, 3.05) is 23.3 Å². The Balaban J connectivity index is 1.45. The van der Waals surface area contributed by atoms with E-state index in [1.165, 1.54) is 0 Å². The lowest BCUT2D eigenvalue weighted by Crippen LogP contribution is -2.39. The fourth-order valence-corrected chi connectivity index (χ4v) is 3.38. The number of rotatable bonds is 5. The van der Waals surface area contributed by atoms with E-state index < -0.39 is 0 Å². The molecule has 1 aliphatic rings. The summed E-state index contributed by atoms with van der Waals surface area (Å²) in [5.41, 5.74) is 2.99. The van der Waals surface area contributed by atoms with Gasteiger partial charge < -0.3 is 15.3 Å². The molecule has 2 N–H and O–H groups in total. The van der Waals surface area contributed by atoms with E-state index >= 15 is 0 Å². The number of pyridine rings is 1. The van der Waals surface area contributed by atoms with E-state index in [0.29, 0.717) is 13.1 Å². The van der Waals surface area contributed by atoms with Crippen LogP contribution in [-0.2, 0) is 6.54 Å². The lowest BCUT2D eigenvalue weighted by atomic mass is 10.1. The third-order valence-corrected chi connectivity index (χ3v) is 4.76. The van der Waals surface area contributed by atoms with E-state index in [2.05, 4.69) is 31.5 Å². The highest BCUT2D eigenvalue weighted by Crippen LogP contribution is 2.23. The number of nitrogens with zero attached hydrogens (tertiary/aromatic N) is 4. The molecular weight excluding hydrogens is 338 g/mol. The highest BCUT2D eigenvalue weighted by molar-refractivity contribution is 5.59. The SMILES string of the molecule is O[C@@H]1CCCN(c2ncccc2CNc2ccc(-c3ccccc3)nn2)C1. The summed E-state index contributed by atoms with van der Waals surface area (Å²) < 4.78 is 0. The highest BCUT2D eigenvalue weighted by Gasteiger charge is 2.20. The van der Waals surface area contributed by atoms with Gasteiger partial charge in [-0.05, 0) is 31.0 Å². The number of hydrogen-bond donors (Lipinski definition) is 2. The van der Waals surface area contributed by atoms with Gasteiger partial charge in [-0.15, -0.1) is 10.2 Å². The van der Waals surface area contributed by atoms with Crippen LogP contribution in [0.3, 0.4) is 0 Å². The lowest BCUT2D eigenvalue weighted by molar-refractivity contribution is 0.154. The van der Waals surface area contributed by atoms with Crippen molar-refractivity contribution in [2.45, 2.75) is 25.5 Å². The van der Waals surface area contributed by atoms with Gasteiger partial charge in [0.15, 0.2) is 0 Å². The van der Waals surface area contributed by atoms with Gasteiger partial charge >= 0.3 is 0 Å². The molecule has 27 heavy (non-hydrogen) atoms. The van der Waals surface area contributed by atoms with Gasteiger partial charge in [-0.2, -0.15) is 0 Å². The predicted molar refractivity (Wildman–Crippen MR) is 106 cm³/mol. The number of hydrogen-bond acceptors (Lipinski definition) is 6. The Labute approximate surface area is 158 Å². The van der Waals surface area contributed by atoms with Crippen LogP contribution in [0.1, 0.15) is 18.4 Å². The normalized spacial score (nSPS) is 16.9. The van der Waals surface area contributed by atoms with E-state index in [-0.39, 0.29) is 6.10 Å². The maximum atomic E-state index is 9.96. The van der Waals surface area contributed by atoms with Crippen LogP contribution in [0.25, 0.3) is 11.3 Å². The summed E-state index contributed by atoms with van der Waals surface area (Å²) in [6.07, 6.45) is 3.36. The maximum Gasteiger partial charge on any atom is 0.148 e.